The number of hydrogen-bond donors (Lipinski definition) is 1. The first-order valence-electron chi connectivity index (χ1n) is 6.76. The van der Waals surface area contributed by atoms with E-state index in [1.54, 1.807) is 42.5 Å². The van der Waals surface area contributed by atoms with E-state index < -0.39 is 0 Å². The number of halogens is 1. The lowest BCUT2D eigenvalue weighted by Gasteiger charge is -2.18. The molecule has 2 aromatic rings. The van der Waals surface area contributed by atoms with Gasteiger partial charge < -0.3 is 10.2 Å². The molecule has 0 spiro atoms. The molecule has 1 aliphatic rings. The van der Waals surface area contributed by atoms with Crippen LogP contribution in [0.4, 0.5) is 15.9 Å². The fraction of sp³-hybridized carbons (Fsp3) is 0.333. The summed E-state index contributed by atoms with van der Waals surface area (Å²) in [6.07, 6.45) is 5.92. The normalized spacial score (nSPS) is 14.3. The van der Waals surface area contributed by atoms with Gasteiger partial charge in [-0.05, 0) is 25.0 Å². The lowest BCUT2D eigenvalue weighted by Crippen LogP contribution is -2.17. The zero-order valence-electron chi connectivity index (χ0n) is 11.4. The van der Waals surface area contributed by atoms with Gasteiger partial charge in [0.1, 0.15) is 5.82 Å². The highest BCUT2D eigenvalue weighted by atomic mass is 19.1. The van der Waals surface area contributed by atoms with E-state index >= 15 is 0 Å². The Morgan fingerprint density at radius 3 is 2.70 bits per heavy atom. The van der Waals surface area contributed by atoms with Gasteiger partial charge >= 0.3 is 0 Å². The maximum Gasteiger partial charge on any atom is 0.151 e. The molecule has 1 fully saturated rings. The van der Waals surface area contributed by atoms with Gasteiger partial charge in [-0.15, -0.1) is 0 Å². The van der Waals surface area contributed by atoms with E-state index in [1.165, 1.54) is 18.9 Å². The average molecular weight is 272 g/mol. The maximum atomic E-state index is 13.7. The first-order chi connectivity index (χ1) is 9.74. The highest BCUT2D eigenvalue weighted by Crippen LogP contribution is 2.23. The van der Waals surface area contributed by atoms with Crippen LogP contribution in [-0.2, 0) is 6.54 Å². The van der Waals surface area contributed by atoms with Crippen molar-refractivity contribution in [2.75, 3.05) is 11.9 Å². The molecule has 1 saturated carbocycles. The molecular formula is C15H17FN4. The van der Waals surface area contributed by atoms with Gasteiger partial charge in [-0.25, -0.2) is 9.37 Å². The van der Waals surface area contributed by atoms with Crippen LogP contribution < -0.4 is 10.2 Å². The number of anilines is 2. The Morgan fingerprint density at radius 2 is 2.05 bits per heavy atom. The second kappa shape index (κ2) is 5.54. The van der Waals surface area contributed by atoms with Gasteiger partial charge in [0, 0.05) is 19.6 Å². The minimum Gasteiger partial charge on any atom is -0.326 e. The summed E-state index contributed by atoms with van der Waals surface area (Å²) >= 11 is 0. The van der Waals surface area contributed by atoms with Gasteiger partial charge in [-0.3, -0.25) is 4.98 Å². The van der Waals surface area contributed by atoms with Crippen LogP contribution in [0.25, 0.3) is 0 Å². The van der Waals surface area contributed by atoms with E-state index in [0.29, 0.717) is 17.5 Å². The number of hydrogen-bond acceptors (Lipinski definition) is 4. The predicted octanol–water partition coefficient (Wildman–Crippen LogP) is 2.64. The van der Waals surface area contributed by atoms with Gasteiger partial charge in [0.2, 0.25) is 0 Å². The molecule has 0 saturated heterocycles. The van der Waals surface area contributed by atoms with Gasteiger partial charge in [0.05, 0.1) is 23.8 Å². The Morgan fingerprint density at radius 1 is 1.25 bits per heavy atom. The molecule has 0 unspecified atom stereocenters. The van der Waals surface area contributed by atoms with Crippen molar-refractivity contribution in [3.05, 3.63) is 48.2 Å². The summed E-state index contributed by atoms with van der Waals surface area (Å²) in [6, 6.07) is 7.28. The van der Waals surface area contributed by atoms with Crippen molar-refractivity contribution >= 4 is 11.5 Å². The summed E-state index contributed by atoms with van der Waals surface area (Å²) in [6.45, 7) is 0.737. The van der Waals surface area contributed by atoms with E-state index in [2.05, 4.69) is 15.3 Å². The van der Waals surface area contributed by atoms with Gasteiger partial charge in [-0.2, -0.15) is 0 Å². The first-order valence-corrected chi connectivity index (χ1v) is 6.76. The molecule has 0 bridgehead atoms. The second-order valence-corrected chi connectivity index (χ2v) is 5.03. The standard InChI is InChI=1S/C15H17FN4/c1-20(14-5-3-2-4-13(14)16)15-10-18-12(9-19-15)8-17-11-6-7-11/h2-5,9-11,17H,6-8H2,1H3. The Hall–Kier alpha value is -2.01. The monoisotopic (exact) mass is 272 g/mol. The zero-order valence-corrected chi connectivity index (χ0v) is 11.4. The summed E-state index contributed by atoms with van der Waals surface area (Å²) in [4.78, 5) is 10.4. The first kappa shape index (κ1) is 13.0. The van der Waals surface area contributed by atoms with Crippen LogP contribution in [0.3, 0.4) is 0 Å². The zero-order chi connectivity index (χ0) is 13.9. The van der Waals surface area contributed by atoms with Crippen LogP contribution in [0.1, 0.15) is 18.5 Å². The molecule has 104 valence electrons. The predicted molar refractivity (Wildman–Crippen MR) is 76.4 cm³/mol. The van der Waals surface area contributed by atoms with E-state index in [9.17, 15) is 4.39 Å². The maximum absolute atomic E-state index is 13.7. The van der Waals surface area contributed by atoms with E-state index in [4.69, 9.17) is 0 Å². The summed E-state index contributed by atoms with van der Waals surface area (Å²) in [5.74, 6) is 0.363. The molecule has 4 nitrogen and oxygen atoms in total. The molecule has 5 heteroatoms. The lowest BCUT2D eigenvalue weighted by molar-refractivity contribution is 0.627. The SMILES string of the molecule is CN(c1cnc(CNC2CC2)cn1)c1ccccc1F. The molecule has 0 radical (unpaired) electrons. The molecule has 1 aromatic carbocycles. The third-order valence-electron chi connectivity index (χ3n) is 3.40. The molecular weight excluding hydrogens is 255 g/mol. The van der Waals surface area contributed by atoms with Crippen molar-refractivity contribution in [3.8, 4) is 0 Å². The van der Waals surface area contributed by atoms with Crippen molar-refractivity contribution in [1.82, 2.24) is 15.3 Å². The highest BCUT2D eigenvalue weighted by Gasteiger charge is 2.20. The Balaban J connectivity index is 1.71. The number of para-hydroxylation sites is 1. The van der Waals surface area contributed by atoms with Crippen molar-refractivity contribution in [3.63, 3.8) is 0 Å². The molecule has 0 atom stereocenters. The van der Waals surface area contributed by atoms with Gasteiger partial charge in [-0.1, -0.05) is 12.1 Å². The minimum atomic E-state index is -0.267. The molecule has 3 rings (SSSR count). The summed E-state index contributed by atoms with van der Waals surface area (Å²) in [5, 5.41) is 3.39. The van der Waals surface area contributed by atoms with Crippen LogP contribution in [0.5, 0.6) is 0 Å². The van der Waals surface area contributed by atoms with E-state index in [1.807, 2.05) is 0 Å². The quantitative estimate of drug-likeness (QED) is 0.908. The number of aromatic nitrogens is 2. The van der Waals surface area contributed by atoms with E-state index in [0.717, 1.165) is 12.2 Å². The van der Waals surface area contributed by atoms with Crippen molar-refractivity contribution < 1.29 is 4.39 Å². The van der Waals surface area contributed by atoms with Crippen LogP contribution in [-0.4, -0.2) is 23.1 Å². The Kier molecular flexibility index (Phi) is 3.60. The summed E-state index contributed by atoms with van der Waals surface area (Å²) in [7, 11) is 1.78. The molecule has 1 N–H and O–H groups in total. The smallest absolute Gasteiger partial charge is 0.151 e. The number of nitrogens with one attached hydrogen (secondary N) is 1. The summed E-state index contributed by atoms with van der Waals surface area (Å²) < 4.78 is 13.7. The summed E-state index contributed by atoms with van der Waals surface area (Å²) in [5.41, 5.74) is 1.40. The van der Waals surface area contributed by atoms with Crippen molar-refractivity contribution in [2.45, 2.75) is 25.4 Å². The number of benzene rings is 1. The molecule has 1 aromatic heterocycles. The third-order valence-corrected chi connectivity index (χ3v) is 3.40. The van der Waals surface area contributed by atoms with Crippen molar-refractivity contribution in [1.29, 1.82) is 0 Å². The van der Waals surface area contributed by atoms with Gasteiger partial charge in [0.15, 0.2) is 5.82 Å². The molecule has 20 heavy (non-hydrogen) atoms. The number of rotatable bonds is 5. The Bertz CT molecular complexity index is 581. The topological polar surface area (TPSA) is 41.1 Å². The van der Waals surface area contributed by atoms with Crippen LogP contribution >= 0.6 is 0 Å². The highest BCUT2D eigenvalue weighted by molar-refractivity contribution is 5.58. The molecule has 1 aliphatic carbocycles. The fourth-order valence-electron chi connectivity index (χ4n) is 2.00. The van der Waals surface area contributed by atoms with Gasteiger partial charge in [0.25, 0.3) is 0 Å². The largest absolute Gasteiger partial charge is 0.326 e. The second-order valence-electron chi connectivity index (χ2n) is 5.03. The molecule has 1 heterocycles. The number of nitrogens with zero attached hydrogens (tertiary/aromatic N) is 3. The van der Waals surface area contributed by atoms with Crippen LogP contribution in [0.15, 0.2) is 36.7 Å². The Labute approximate surface area is 117 Å². The van der Waals surface area contributed by atoms with Crippen LogP contribution in [0.2, 0.25) is 0 Å². The van der Waals surface area contributed by atoms with E-state index in [-0.39, 0.29) is 5.82 Å². The average Bonchev–Trinajstić information content (AvgIpc) is 3.30. The fourth-order valence-corrected chi connectivity index (χ4v) is 2.00. The third kappa shape index (κ3) is 2.93. The van der Waals surface area contributed by atoms with Crippen LogP contribution in [0, 0.1) is 5.82 Å². The van der Waals surface area contributed by atoms with Crippen molar-refractivity contribution in [2.24, 2.45) is 0 Å². The minimum absolute atomic E-state index is 0.267. The lowest BCUT2D eigenvalue weighted by atomic mass is 10.3. The molecule has 0 aliphatic heterocycles. The molecule has 0 amide bonds.